The molecule has 1 aromatic rings. The number of ether oxygens (including phenoxy) is 1. The third-order valence-corrected chi connectivity index (χ3v) is 5.09. The van der Waals surface area contributed by atoms with E-state index in [1.165, 1.54) is 12.1 Å². The first kappa shape index (κ1) is 15.2. The maximum absolute atomic E-state index is 12.1. The molecule has 1 aliphatic rings. The number of hydrogen-bond acceptors (Lipinski definition) is 4. The molecule has 2 N–H and O–H groups in total. The summed E-state index contributed by atoms with van der Waals surface area (Å²) in [6, 6.07) is 4.73. The van der Waals surface area contributed by atoms with Crippen molar-refractivity contribution in [2.24, 2.45) is 0 Å². The van der Waals surface area contributed by atoms with Crippen molar-refractivity contribution in [3.63, 3.8) is 0 Å². The van der Waals surface area contributed by atoms with Crippen LogP contribution in [0, 0.1) is 0 Å². The van der Waals surface area contributed by atoms with E-state index in [-0.39, 0.29) is 12.2 Å². The number of aliphatic carboxylic acids is 1. The fourth-order valence-corrected chi connectivity index (χ4v) is 3.60. The third-order valence-electron chi connectivity index (χ3n) is 3.04. The molecule has 0 aliphatic carbocycles. The first-order valence-electron chi connectivity index (χ1n) is 5.97. The Balaban J connectivity index is 2.24. The zero-order valence-electron chi connectivity index (χ0n) is 10.5. The van der Waals surface area contributed by atoms with E-state index < -0.39 is 27.3 Å². The second-order valence-electron chi connectivity index (χ2n) is 4.47. The van der Waals surface area contributed by atoms with Crippen molar-refractivity contribution in [3.05, 3.63) is 34.9 Å². The lowest BCUT2D eigenvalue weighted by molar-refractivity contribution is -0.139. The number of carboxylic acids is 1. The van der Waals surface area contributed by atoms with Gasteiger partial charge >= 0.3 is 5.97 Å². The quantitative estimate of drug-likeness (QED) is 0.850. The highest BCUT2D eigenvalue weighted by Gasteiger charge is 2.34. The molecule has 0 bridgehead atoms. The lowest BCUT2D eigenvalue weighted by atomic mass is 10.1. The van der Waals surface area contributed by atoms with E-state index in [1.54, 1.807) is 12.1 Å². The van der Waals surface area contributed by atoms with E-state index in [2.05, 4.69) is 4.72 Å². The average Bonchev–Trinajstić information content (AvgIpc) is 2.90. The molecule has 2 atom stereocenters. The zero-order valence-corrected chi connectivity index (χ0v) is 12.0. The van der Waals surface area contributed by atoms with Gasteiger partial charge in [0.1, 0.15) is 11.3 Å². The van der Waals surface area contributed by atoms with E-state index in [1.807, 2.05) is 0 Å². The standard InChI is InChI=1S/C12H14ClNO5S/c13-9-3-1-2-8(6-9)11(12(15)16)14-20(17,18)10-4-5-19-7-10/h1-3,6,10-11,14H,4-5,7H2,(H,15,16). The van der Waals surface area contributed by atoms with E-state index in [0.717, 1.165) is 0 Å². The molecular weight excluding hydrogens is 306 g/mol. The second kappa shape index (κ2) is 6.09. The highest BCUT2D eigenvalue weighted by molar-refractivity contribution is 7.90. The number of rotatable bonds is 5. The van der Waals surface area contributed by atoms with Crippen LogP contribution in [0.5, 0.6) is 0 Å². The van der Waals surface area contributed by atoms with E-state index >= 15 is 0 Å². The SMILES string of the molecule is O=C(O)C(NS(=O)(=O)C1CCOC1)c1cccc(Cl)c1. The number of nitrogens with one attached hydrogen (secondary N) is 1. The molecule has 1 aliphatic heterocycles. The normalized spacial score (nSPS) is 20.8. The minimum Gasteiger partial charge on any atom is -0.480 e. The van der Waals surface area contributed by atoms with Crippen LogP contribution in [0.4, 0.5) is 0 Å². The second-order valence-corrected chi connectivity index (χ2v) is 6.90. The van der Waals surface area contributed by atoms with Crippen LogP contribution >= 0.6 is 11.6 Å². The molecule has 2 unspecified atom stereocenters. The van der Waals surface area contributed by atoms with E-state index in [9.17, 15) is 18.3 Å². The lowest BCUT2D eigenvalue weighted by Crippen LogP contribution is -2.40. The molecule has 110 valence electrons. The third kappa shape index (κ3) is 3.49. The molecule has 2 rings (SSSR count). The van der Waals surface area contributed by atoms with E-state index in [0.29, 0.717) is 18.1 Å². The number of halogens is 1. The minimum atomic E-state index is -3.76. The maximum atomic E-state index is 12.1. The predicted molar refractivity (Wildman–Crippen MR) is 73.1 cm³/mol. The number of sulfonamides is 1. The summed E-state index contributed by atoms with van der Waals surface area (Å²) >= 11 is 5.80. The number of hydrogen-bond donors (Lipinski definition) is 2. The molecule has 0 saturated carbocycles. The van der Waals surface area contributed by atoms with Crippen molar-refractivity contribution in [1.82, 2.24) is 4.72 Å². The smallest absolute Gasteiger partial charge is 0.326 e. The van der Waals surface area contributed by atoms with Gasteiger partial charge in [-0.15, -0.1) is 0 Å². The fourth-order valence-electron chi connectivity index (χ4n) is 1.97. The number of carbonyl (C=O) groups is 1. The average molecular weight is 320 g/mol. The van der Waals surface area contributed by atoms with Gasteiger partial charge in [0, 0.05) is 11.6 Å². The molecule has 20 heavy (non-hydrogen) atoms. The van der Waals surface area contributed by atoms with Crippen molar-refractivity contribution >= 4 is 27.6 Å². The molecule has 0 amide bonds. The van der Waals surface area contributed by atoms with Gasteiger partial charge in [0.05, 0.1) is 6.61 Å². The van der Waals surface area contributed by atoms with Crippen molar-refractivity contribution in [2.75, 3.05) is 13.2 Å². The maximum Gasteiger partial charge on any atom is 0.326 e. The van der Waals surface area contributed by atoms with Gasteiger partial charge in [-0.2, -0.15) is 4.72 Å². The molecule has 0 aromatic heterocycles. The van der Waals surface area contributed by atoms with Crippen molar-refractivity contribution in [3.8, 4) is 0 Å². The summed E-state index contributed by atoms with van der Waals surface area (Å²) in [5, 5.41) is 8.85. The Morgan fingerprint density at radius 1 is 1.50 bits per heavy atom. The monoisotopic (exact) mass is 319 g/mol. The summed E-state index contributed by atoms with van der Waals surface area (Å²) in [7, 11) is -3.76. The molecule has 1 saturated heterocycles. The van der Waals surface area contributed by atoms with Crippen LogP contribution in [0.3, 0.4) is 0 Å². The Kier molecular flexibility index (Phi) is 4.64. The minimum absolute atomic E-state index is 0.0806. The Morgan fingerprint density at radius 2 is 2.25 bits per heavy atom. The van der Waals surface area contributed by atoms with Crippen LogP contribution < -0.4 is 4.72 Å². The van der Waals surface area contributed by atoms with E-state index in [4.69, 9.17) is 16.3 Å². The van der Waals surface area contributed by atoms with Crippen LogP contribution in [0.1, 0.15) is 18.0 Å². The summed E-state index contributed by atoms with van der Waals surface area (Å²) < 4.78 is 31.5. The largest absolute Gasteiger partial charge is 0.480 e. The van der Waals surface area contributed by atoms with Gasteiger partial charge in [0.25, 0.3) is 0 Å². The van der Waals surface area contributed by atoms with Crippen LogP contribution in [0.15, 0.2) is 24.3 Å². The fraction of sp³-hybridized carbons (Fsp3) is 0.417. The van der Waals surface area contributed by atoms with Gasteiger partial charge in [0.15, 0.2) is 0 Å². The van der Waals surface area contributed by atoms with Gasteiger partial charge in [-0.3, -0.25) is 4.79 Å². The number of benzene rings is 1. The summed E-state index contributed by atoms with van der Waals surface area (Å²) in [4.78, 5) is 11.3. The highest BCUT2D eigenvalue weighted by Crippen LogP contribution is 2.21. The van der Waals surface area contributed by atoms with Crippen LogP contribution in [0.25, 0.3) is 0 Å². The molecule has 0 spiro atoms. The Hall–Kier alpha value is -1.15. The molecule has 1 heterocycles. The summed E-state index contributed by atoms with van der Waals surface area (Å²) in [5.74, 6) is -1.28. The van der Waals surface area contributed by atoms with Crippen LogP contribution in [-0.4, -0.2) is 38.0 Å². The summed E-state index contributed by atoms with van der Waals surface area (Å²) in [5.41, 5.74) is 0.285. The highest BCUT2D eigenvalue weighted by atomic mass is 35.5. The molecule has 8 heteroatoms. The van der Waals surface area contributed by atoms with Crippen molar-refractivity contribution in [2.45, 2.75) is 17.7 Å². The predicted octanol–water partition coefficient (Wildman–Crippen LogP) is 1.17. The van der Waals surface area contributed by atoms with Gasteiger partial charge in [-0.1, -0.05) is 23.7 Å². The van der Waals surface area contributed by atoms with Gasteiger partial charge in [0.2, 0.25) is 10.0 Å². The van der Waals surface area contributed by atoms with Crippen molar-refractivity contribution in [1.29, 1.82) is 0 Å². The van der Waals surface area contributed by atoms with Crippen molar-refractivity contribution < 1.29 is 23.1 Å². The molecule has 0 radical (unpaired) electrons. The van der Waals surface area contributed by atoms with Gasteiger partial charge in [-0.25, -0.2) is 8.42 Å². The van der Waals surface area contributed by atoms with Gasteiger partial charge < -0.3 is 9.84 Å². The molecule has 1 aromatic carbocycles. The first-order chi connectivity index (χ1) is 9.40. The van der Waals surface area contributed by atoms with Gasteiger partial charge in [-0.05, 0) is 24.1 Å². The molecule has 1 fully saturated rings. The van der Waals surface area contributed by atoms with Crippen LogP contribution in [-0.2, 0) is 19.6 Å². The Morgan fingerprint density at radius 3 is 2.80 bits per heavy atom. The first-order valence-corrected chi connectivity index (χ1v) is 7.90. The summed E-state index contributed by atoms with van der Waals surface area (Å²) in [6.07, 6.45) is 0.358. The molecule has 6 nitrogen and oxygen atoms in total. The molecular formula is C12H14ClNO5S. The zero-order chi connectivity index (χ0) is 14.8. The number of carboxylic acid groups (broad SMARTS) is 1. The van der Waals surface area contributed by atoms with Crippen LogP contribution in [0.2, 0.25) is 5.02 Å². The topological polar surface area (TPSA) is 92.7 Å². The summed E-state index contributed by atoms with van der Waals surface area (Å²) in [6.45, 7) is 0.442. The lowest BCUT2D eigenvalue weighted by Gasteiger charge is -2.18. The Bertz CT molecular complexity index is 598. The Labute approximate surface area is 121 Å².